The highest BCUT2D eigenvalue weighted by atomic mass is 32.1. The minimum atomic E-state index is -0.235. The summed E-state index contributed by atoms with van der Waals surface area (Å²) < 4.78 is 0. The minimum Gasteiger partial charge on any atom is -0.347 e. The fraction of sp³-hybridized carbons (Fsp3) is 0.800. The van der Waals surface area contributed by atoms with Crippen molar-refractivity contribution in [2.24, 2.45) is 29.1 Å². The molecule has 0 aromatic carbocycles. The molecule has 4 aliphatic rings. The Balaban J connectivity index is 1.23. The van der Waals surface area contributed by atoms with Crippen LogP contribution >= 0.6 is 11.3 Å². The summed E-state index contributed by atoms with van der Waals surface area (Å²) in [6.07, 6.45) is 9.21. The Morgan fingerprint density at radius 3 is 2.30 bits per heavy atom. The Bertz CT molecular complexity index is 679. The first-order valence-electron chi connectivity index (χ1n) is 10.3. The van der Waals surface area contributed by atoms with E-state index in [1.807, 2.05) is 0 Å². The van der Waals surface area contributed by atoms with Crippen LogP contribution in [0.15, 0.2) is 0 Å². The number of amides is 2. The molecule has 0 saturated heterocycles. The van der Waals surface area contributed by atoms with Gasteiger partial charge in [-0.2, -0.15) is 0 Å². The second-order valence-corrected chi connectivity index (χ2v) is 10.6. The largest absolute Gasteiger partial charge is 0.347 e. The van der Waals surface area contributed by atoms with Crippen LogP contribution in [0.25, 0.3) is 0 Å². The molecule has 7 heteroatoms. The minimum absolute atomic E-state index is 0.00426. The lowest BCUT2D eigenvalue weighted by atomic mass is 9.49. The SMILES string of the molecule is CC(C)Cc1nnc(NC(=O)CNC(=O)CC23CC4CC(CC(C4)C2)C3)s1. The van der Waals surface area contributed by atoms with Crippen LogP contribution < -0.4 is 10.6 Å². The van der Waals surface area contributed by atoms with Gasteiger partial charge < -0.3 is 5.32 Å². The molecule has 0 aliphatic heterocycles. The molecule has 4 saturated carbocycles. The maximum atomic E-state index is 12.5. The van der Waals surface area contributed by atoms with Gasteiger partial charge in [-0.25, -0.2) is 0 Å². The zero-order valence-corrected chi connectivity index (χ0v) is 17.1. The van der Waals surface area contributed by atoms with E-state index in [9.17, 15) is 9.59 Å². The molecule has 0 radical (unpaired) electrons. The zero-order valence-electron chi connectivity index (χ0n) is 16.3. The molecule has 6 nitrogen and oxygen atoms in total. The lowest BCUT2D eigenvalue weighted by Gasteiger charge is -2.56. The van der Waals surface area contributed by atoms with Crippen molar-refractivity contribution in [2.45, 2.75) is 65.2 Å². The smallest absolute Gasteiger partial charge is 0.245 e. The maximum Gasteiger partial charge on any atom is 0.245 e. The highest BCUT2D eigenvalue weighted by molar-refractivity contribution is 7.15. The molecule has 1 aromatic rings. The molecule has 2 amide bonds. The van der Waals surface area contributed by atoms with Gasteiger partial charge in [0, 0.05) is 12.8 Å². The predicted molar refractivity (Wildman–Crippen MR) is 105 cm³/mol. The van der Waals surface area contributed by atoms with E-state index < -0.39 is 0 Å². The molecule has 4 bridgehead atoms. The lowest BCUT2D eigenvalue weighted by molar-refractivity contribution is -0.131. The molecule has 4 fully saturated rings. The van der Waals surface area contributed by atoms with Crippen molar-refractivity contribution in [3.05, 3.63) is 5.01 Å². The molecule has 1 aromatic heterocycles. The number of carbonyl (C=O) groups is 2. The fourth-order valence-electron chi connectivity index (χ4n) is 5.99. The van der Waals surface area contributed by atoms with Gasteiger partial charge >= 0.3 is 0 Å². The molecule has 2 N–H and O–H groups in total. The Morgan fingerprint density at radius 1 is 1.07 bits per heavy atom. The van der Waals surface area contributed by atoms with E-state index in [1.165, 1.54) is 49.9 Å². The van der Waals surface area contributed by atoms with Crippen LogP contribution in [-0.4, -0.2) is 28.6 Å². The van der Waals surface area contributed by atoms with E-state index in [0.717, 1.165) is 29.2 Å². The Kier molecular flexibility index (Phi) is 5.23. The molecular weight excluding hydrogens is 360 g/mol. The number of nitrogens with one attached hydrogen (secondary N) is 2. The first-order chi connectivity index (χ1) is 12.9. The van der Waals surface area contributed by atoms with Crippen LogP contribution in [0.1, 0.15) is 63.8 Å². The van der Waals surface area contributed by atoms with Crippen molar-refractivity contribution in [2.75, 3.05) is 11.9 Å². The molecule has 148 valence electrons. The second kappa shape index (κ2) is 7.49. The van der Waals surface area contributed by atoms with Crippen molar-refractivity contribution >= 4 is 28.3 Å². The van der Waals surface area contributed by atoms with Gasteiger partial charge in [-0.1, -0.05) is 25.2 Å². The summed E-state index contributed by atoms with van der Waals surface area (Å²) in [6.45, 7) is 4.25. The van der Waals surface area contributed by atoms with Gasteiger partial charge in [0.05, 0.1) is 6.54 Å². The number of hydrogen-bond donors (Lipinski definition) is 2. The Morgan fingerprint density at radius 2 is 1.70 bits per heavy atom. The molecule has 1 heterocycles. The Hall–Kier alpha value is -1.50. The molecule has 0 unspecified atom stereocenters. The molecular formula is C20H30N4O2S. The summed E-state index contributed by atoms with van der Waals surface area (Å²) in [5.74, 6) is 2.80. The average Bonchev–Trinajstić information content (AvgIpc) is 2.97. The summed E-state index contributed by atoms with van der Waals surface area (Å²) in [7, 11) is 0. The quantitative estimate of drug-likeness (QED) is 0.747. The van der Waals surface area contributed by atoms with Gasteiger partial charge in [-0.15, -0.1) is 10.2 Å². The molecule has 0 atom stereocenters. The van der Waals surface area contributed by atoms with Crippen LogP contribution in [0.4, 0.5) is 5.13 Å². The third-order valence-electron chi connectivity index (χ3n) is 6.44. The van der Waals surface area contributed by atoms with Crippen molar-refractivity contribution in [1.82, 2.24) is 15.5 Å². The third-order valence-corrected chi connectivity index (χ3v) is 7.30. The maximum absolute atomic E-state index is 12.5. The van der Waals surface area contributed by atoms with Gasteiger partial charge in [0.1, 0.15) is 5.01 Å². The van der Waals surface area contributed by atoms with E-state index >= 15 is 0 Å². The van der Waals surface area contributed by atoms with Gasteiger partial charge in [0.2, 0.25) is 16.9 Å². The Labute approximate surface area is 164 Å². The van der Waals surface area contributed by atoms with Crippen molar-refractivity contribution in [3.8, 4) is 0 Å². The lowest BCUT2D eigenvalue weighted by Crippen LogP contribution is -2.48. The van der Waals surface area contributed by atoms with Gasteiger partial charge in [0.15, 0.2) is 0 Å². The van der Waals surface area contributed by atoms with Crippen molar-refractivity contribution < 1.29 is 9.59 Å². The summed E-state index contributed by atoms with van der Waals surface area (Å²) >= 11 is 1.40. The van der Waals surface area contributed by atoms with E-state index in [-0.39, 0.29) is 23.8 Å². The number of hydrogen-bond acceptors (Lipinski definition) is 5. The number of anilines is 1. The van der Waals surface area contributed by atoms with Gasteiger partial charge in [0.25, 0.3) is 0 Å². The highest BCUT2D eigenvalue weighted by Gasteiger charge is 2.51. The van der Waals surface area contributed by atoms with Crippen LogP contribution in [0.5, 0.6) is 0 Å². The number of aromatic nitrogens is 2. The first kappa shape index (κ1) is 18.8. The van der Waals surface area contributed by atoms with E-state index in [1.54, 1.807) is 0 Å². The highest BCUT2D eigenvalue weighted by Crippen LogP contribution is 2.61. The summed E-state index contributed by atoms with van der Waals surface area (Å²) in [5.41, 5.74) is 0.209. The standard InChI is InChI=1S/C20H30N4O2S/c1-12(2)3-18-23-24-19(27-18)22-17(26)11-21-16(25)10-20-7-13-4-14(8-20)6-15(5-13)9-20/h12-15H,3-11H2,1-2H3,(H,21,25)(H,22,24,26). The summed E-state index contributed by atoms with van der Waals surface area (Å²) in [5, 5.41) is 15.1. The van der Waals surface area contributed by atoms with Crippen LogP contribution in [-0.2, 0) is 16.0 Å². The van der Waals surface area contributed by atoms with Gasteiger partial charge in [-0.05, 0) is 67.6 Å². The van der Waals surface area contributed by atoms with Gasteiger partial charge in [-0.3, -0.25) is 14.9 Å². The second-order valence-electron chi connectivity index (χ2n) is 9.52. The molecule has 5 rings (SSSR count). The van der Waals surface area contributed by atoms with Crippen molar-refractivity contribution in [3.63, 3.8) is 0 Å². The molecule has 0 spiro atoms. The normalized spacial score (nSPS) is 31.3. The van der Waals surface area contributed by atoms with Crippen LogP contribution in [0, 0.1) is 29.1 Å². The number of nitrogens with zero attached hydrogens (tertiary/aromatic N) is 2. The topological polar surface area (TPSA) is 84.0 Å². The third kappa shape index (κ3) is 4.50. The van der Waals surface area contributed by atoms with Crippen LogP contribution in [0.2, 0.25) is 0 Å². The summed E-state index contributed by atoms with van der Waals surface area (Å²) in [4.78, 5) is 24.6. The predicted octanol–water partition coefficient (Wildman–Crippen LogP) is 3.40. The monoisotopic (exact) mass is 390 g/mol. The van der Waals surface area contributed by atoms with E-state index in [4.69, 9.17) is 0 Å². The van der Waals surface area contributed by atoms with E-state index in [0.29, 0.717) is 17.5 Å². The number of rotatable bonds is 7. The molecule has 27 heavy (non-hydrogen) atoms. The average molecular weight is 391 g/mol. The number of carbonyl (C=O) groups excluding carboxylic acids is 2. The zero-order chi connectivity index (χ0) is 19.0. The van der Waals surface area contributed by atoms with Crippen LogP contribution in [0.3, 0.4) is 0 Å². The van der Waals surface area contributed by atoms with Crippen molar-refractivity contribution in [1.29, 1.82) is 0 Å². The molecule has 4 aliphatic carbocycles. The fourth-order valence-corrected chi connectivity index (χ4v) is 6.96. The first-order valence-corrected chi connectivity index (χ1v) is 11.1. The summed E-state index contributed by atoms with van der Waals surface area (Å²) in [6, 6.07) is 0. The van der Waals surface area contributed by atoms with E-state index in [2.05, 4.69) is 34.7 Å².